The van der Waals surface area contributed by atoms with Crippen LogP contribution in [-0.2, 0) is 13.1 Å². The molecule has 0 radical (unpaired) electrons. The molecular weight excluding hydrogens is 276 g/mol. The number of likely N-dealkylation sites (tertiary alicyclic amines) is 1. The SMILES string of the molecule is CC1(C)CN(Cc2cn(Cc3cccnc3)nn2)CCC1N. The van der Waals surface area contributed by atoms with Crippen molar-refractivity contribution >= 4 is 0 Å². The minimum Gasteiger partial charge on any atom is -0.327 e. The van der Waals surface area contributed by atoms with Crippen LogP contribution in [0.3, 0.4) is 0 Å². The van der Waals surface area contributed by atoms with Crippen LogP contribution in [-0.4, -0.2) is 44.0 Å². The monoisotopic (exact) mass is 300 g/mol. The second-order valence-electron chi connectivity index (χ2n) is 6.86. The fourth-order valence-electron chi connectivity index (χ4n) is 3.02. The van der Waals surface area contributed by atoms with Crippen LogP contribution in [0.5, 0.6) is 0 Å². The van der Waals surface area contributed by atoms with E-state index in [1.165, 1.54) is 0 Å². The molecule has 2 aromatic heterocycles. The van der Waals surface area contributed by atoms with Crippen molar-refractivity contribution in [3.8, 4) is 0 Å². The molecule has 1 saturated heterocycles. The Morgan fingerprint density at radius 1 is 1.36 bits per heavy atom. The first-order valence-corrected chi connectivity index (χ1v) is 7.79. The van der Waals surface area contributed by atoms with Gasteiger partial charge in [0.05, 0.1) is 18.4 Å². The van der Waals surface area contributed by atoms with Gasteiger partial charge in [-0.05, 0) is 23.5 Å². The predicted octanol–water partition coefficient (Wildman–Crippen LogP) is 1.28. The largest absolute Gasteiger partial charge is 0.327 e. The molecule has 1 aliphatic rings. The van der Waals surface area contributed by atoms with Crippen LogP contribution in [0.2, 0.25) is 0 Å². The number of hydrogen-bond donors (Lipinski definition) is 1. The third-order valence-corrected chi connectivity index (χ3v) is 4.43. The van der Waals surface area contributed by atoms with E-state index in [0.29, 0.717) is 6.54 Å². The first-order chi connectivity index (χ1) is 10.5. The van der Waals surface area contributed by atoms with Crippen LogP contribution in [0.15, 0.2) is 30.7 Å². The number of aromatic nitrogens is 4. The van der Waals surface area contributed by atoms with Gasteiger partial charge in [0.2, 0.25) is 0 Å². The Bertz CT molecular complexity index is 606. The molecule has 0 amide bonds. The number of nitrogens with zero attached hydrogens (tertiary/aromatic N) is 5. The van der Waals surface area contributed by atoms with Crippen molar-refractivity contribution in [2.24, 2.45) is 11.1 Å². The molecule has 118 valence electrons. The molecule has 0 spiro atoms. The molecule has 0 aromatic carbocycles. The summed E-state index contributed by atoms with van der Waals surface area (Å²) < 4.78 is 1.87. The average molecular weight is 300 g/mol. The summed E-state index contributed by atoms with van der Waals surface area (Å²) in [6.07, 6.45) is 6.69. The molecule has 6 heteroatoms. The smallest absolute Gasteiger partial charge is 0.0967 e. The Balaban J connectivity index is 1.60. The molecule has 3 heterocycles. The number of piperidine rings is 1. The third kappa shape index (κ3) is 3.51. The zero-order valence-corrected chi connectivity index (χ0v) is 13.3. The Morgan fingerprint density at radius 3 is 2.95 bits per heavy atom. The van der Waals surface area contributed by atoms with E-state index in [1.807, 2.05) is 29.2 Å². The highest BCUT2D eigenvalue weighted by molar-refractivity contribution is 5.09. The van der Waals surface area contributed by atoms with Gasteiger partial charge in [0.25, 0.3) is 0 Å². The van der Waals surface area contributed by atoms with Crippen molar-refractivity contribution < 1.29 is 0 Å². The molecular formula is C16H24N6. The molecule has 1 fully saturated rings. The second kappa shape index (κ2) is 6.14. The summed E-state index contributed by atoms with van der Waals surface area (Å²) in [5.74, 6) is 0. The highest BCUT2D eigenvalue weighted by atomic mass is 15.4. The van der Waals surface area contributed by atoms with Gasteiger partial charge in [0.15, 0.2) is 0 Å². The normalized spacial score (nSPS) is 21.9. The molecule has 1 atom stereocenters. The second-order valence-corrected chi connectivity index (χ2v) is 6.86. The maximum Gasteiger partial charge on any atom is 0.0967 e. The van der Waals surface area contributed by atoms with Gasteiger partial charge in [-0.3, -0.25) is 9.88 Å². The zero-order valence-electron chi connectivity index (χ0n) is 13.3. The molecule has 1 unspecified atom stereocenters. The van der Waals surface area contributed by atoms with Gasteiger partial charge in [-0.2, -0.15) is 0 Å². The lowest BCUT2D eigenvalue weighted by Gasteiger charge is -2.42. The fraction of sp³-hybridized carbons (Fsp3) is 0.562. The Kier molecular flexibility index (Phi) is 4.22. The minimum absolute atomic E-state index is 0.157. The molecule has 2 aromatic rings. The van der Waals surface area contributed by atoms with Gasteiger partial charge in [-0.1, -0.05) is 25.1 Å². The number of pyridine rings is 1. The van der Waals surface area contributed by atoms with Crippen LogP contribution >= 0.6 is 0 Å². The summed E-state index contributed by atoms with van der Waals surface area (Å²) in [7, 11) is 0. The standard InChI is InChI=1S/C16H24N6/c1-16(2)12-21(7-5-15(16)17)10-14-11-22(20-19-14)9-13-4-3-6-18-8-13/h3-4,6,8,11,15H,5,7,9-10,12,17H2,1-2H3. The quantitative estimate of drug-likeness (QED) is 0.921. The molecule has 0 aliphatic carbocycles. The van der Waals surface area contributed by atoms with E-state index in [4.69, 9.17) is 5.73 Å². The van der Waals surface area contributed by atoms with Gasteiger partial charge in [0.1, 0.15) is 0 Å². The zero-order chi connectivity index (χ0) is 15.6. The van der Waals surface area contributed by atoms with E-state index in [0.717, 1.165) is 37.3 Å². The highest BCUT2D eigenvalue weighted by Crippen LogP contribution is 2.28. The van der Waals surface area contributed by atoms with E-state index >= 15 is 0 Å². The van der Waals surface area contributed by atoms with Gasteiger partial charge >= 0.3 is 0 Å². The van der Waals surface area contributed by atoms with Crippen molar-refractivity contribution in [1.29, 1.82) is 0 Å². The topological polar surface area (TPSA) is 72.9 Å². The maximum atomic E-state index is 6.19. The molecule has 0 saturated carbocycles. The molecule has 0 bridgehead atoms. The van der Waals surface area contributed by atoms with Crippen molar-refractivity contribution in [2.75, 3.05) is 13.1 Å². The van der Waals surface area contributed by atoms with E-state index < -0.39 is 0 Å². The summed E-state index contributed by atoms with van der Waals surface area (Å²) in [5, 5.41) is 8.51. The van der Waals surface area contributed by atoms with Crippen molar-refractivity contribution in [3.05, 3.63) is 42.0 Å². The first-order valence-electron chi connectivity index (χ1n) is 7.79. The molecule has 6 nitrogen and oxygen atoms in total. The lowest BCUT2D eigenvalue weighted by atomic mass is 9.80. The van der Waals surface area contributed by atoms with Gasteiger partial charge < -0.3 is 5.73 Å². The summed E-state index contributed by atoms with van der Waals surface area (Å²) in [6.45, 7) is 8.05. The van der Waals surface area contributed by atoms with Crippen LogP contribution in [0.25, 0.3) is 0 Å². The number of rotatable bonds is 4. The van der Waals surface area contributed by atoms with Crippen LogP contribution < -0.4 is 5.73 Å². The molecule has 22 heavy (non-hydrogen) atoms. The van der Waals surface area contributed by atoms with E-state index in [9.17, 15) is 0 Å². The summed E-state index contributed by atoms with van der Waals surface area (Å²) in [5.41, 5.74) is 8.49. The molecule has 2 N–H and O–H groups in total. The Labute approximate surface area is 131 Å². The summed E-state index contributed by atoms with van der Waals surface area (Å²) in [4.78, 5) is 6.54. The minimum atomic E-state index is 0.157. The lowest BCUT2D eigenvalue weighted by Crippen LogP contribution is -2.52. The van der Waals surface area contributed by atoms with Crippen LogP contribution in [0.1, 0.15) is 31.5 Å². The van der Waals surface area contributed by atoms with E-state index in [-0.39, 0.29) is 11.5 Å². The highest BCUT2D eigenvalue weighted by Gasteiger charge is 2.33. The Hall–Kier alpha value is -1.79. The lowest BCUT2D eigenvalue weighted by molar-refractivity contribution is 0.0889. The Morgan fingerprint density at radius 2 is 2.23 bits per heavy atom. The fourth-order valence-corrected chi connectivity index (χ4v) is 3.02. The third-order valence-electron chi connectivity index (χ3n) is 4.43. The first kappa shape index (κ1) is 15.1. The number of nitrogens with two attached hydrogens (primary N) is 1. The maximum absolute atomic E-state index is 6.19. The molecule has 3 rings (SSSR count). The van der Waals surface area contributed by atoms with E-state index in [1.54, 1.807) is 6.20 Å². The average Bonchev–Trinajstić information content (AvgIpc) is 2.91. The van der Waals surface area contributed by atoms with Crippen molar-refractivity contribution in [2.45, 2.75) is 39.4 Å². The van der Waals surface area contributed by atoms with Gasteiger partial charge in [0, 0.05) is 38.1 Å². The number of hydrogen-bond acceptors (Lipinski definition) is 5. The van der Waals surface area contributed by atoms with Crippen LogP contribution in [0, 0.1) is 5.41 Å². The van der Waals surface area contributed by atoms with Gasteiger partial charge in [-0.25, -0.2) is 4.68 Å². The van der Waals surface area contributed by atoms with Gasteiger partial charge in [-0.15, -0.1) is 5.10 Å². The molecule has 1 aliphatic heterocycles. The van der Waals surface area contributed by atoms with Crippen molar-refractivity contribution in [3.63, 3.8) is 0 Å². The van der Waals surface area contributed by atoms with Crippen LogP contribution in [0.4, 0.5) is 0 Å². The summed E-state index contributed by atoms with van der Waals surface area (Å²) >= 11 is 0. The predicted molar refractivity (Wildman–Crippen MR) is 85.0 cm³/mol. The van der Waals surface area contributed by atoms with Crippen molar-refractivity contribution in [1.82, 2.24) is 24.9 Å². The summed E-state index contributed by atoms with van der Waals surface area (Å²) in [6, 6.07) is 4.26. The van der Waals surface area contributed by atoms with E-state index in [2.05, 4.69) is 34.0 Å².